The SMILES string of the molecule is CC1=C(c2ccccc2)C(CC(C)c2ccc(C)c(-c3ccccc3)c2)SC=C1. The molecule has 2 atom stereocenters. The highest BCUT2D eigenvalue weighted by Crippen LogP contribution is 2.41. The fourth-order valence-corrected chi connectivity index (χ4v) is 5.51. The van der Waals surface area contributed by atoms with Crippen LogP contribution in [0, 0.1) is 6.92 Å². The van der Waals surface area contributed by atoms with E-state index in [4.69, 9.17) is 0 Å². The van der Waals surface area contributed by atoms with Crippen LogP contribution in [0.25, 0.3) is 16.7 Å². The molecule has 1 aliphatic rings. The fourth-order valence-electron chi connectivity index (χ4n) is 4.18. The van der Waals surface area contributed by atoms with Crippen molar-refractivity contribution in [3.63, 3.8) is 0 Å². The normalized spacial score (nSPS) is 17.4. The van der Waals surface area contributed by atoms with Gasteiger partial charge in [-0.3, -0.25) is 0 Å². The van der Waals surface area contributed by atoms with Gasteiger partial charge in [0, 0.05) is 5.25 Å². The van der Waals surface area contributed by atoms with Crippen molar-refractivity contribution < 1.29 is 0 Å². The second-order valence-electron chi connectivity index (χ2n) is 7.97. The van der Waals surface area contributed by atoms with E-state index in [9.17, 15) is 0 Å². The highest BCUT2D eigenvalue weighted by Gasteiger charge is 2.23. The van der Waals surface area contributed by atoms with Crippen molar-refractivity contribution in [1.82, 2.24) is 0 Å². The third kappa shape index (κ3) is 4.41. The van der Waals surface area contributed by atoms with E-state index in [0.717, 1.165) is 6.42 Å². The predicted molar refractivity (Wildman–Crippen MR) is 129 cm³/mol. The molecular weight excluding hydrogens is 368 g/mol. The summed E-state index contributed by atoms with van der Waals surface area (Å²) in [6.45, 7) is 6.82. The Kier molecular flexibility index (Phi) is 6.06. The third-order valence-corrected chi connectivity index (χ3v) is 6.93. The van der Waals surface area contributed by atoms with Gasteiger partial charge < -0.3 is 0 Å². The van der Waals surface area contributed by atoms with Crippen LogP contribution in [0.3, 0.4) is 0 Å². The van der Waals surface area contributed by atoms with Gasteiger partial charge in [-0.1, -0.05) is 91.9 Å². The lowest BCUT2D eigenvalue weighted by Gasteiger charge is -2.27. The van der Waals surface area contributed by atoms with Crippen molar-refractivity contribution in [2.24, 2.45) is 0 Å². The van der Waals surface area contributed by atoms with Gasteiger partial charge in [-0.2, -0.15) is 0 Å². The monoisotopic (exact) mass is 396 g/mol. The van der Waals surface area contributed by atoms with E-state index in [1.807, 2.05) is 11.8 Å². The van der Waals surface area contributed by atoms with E-state index in [2.05, 4.69) is 111 Å². The van der Waals surface area contributed by atoms with E-state index < -0.39 is 0 Å². The molecule has 0 aliphatic carbocycles. The molecule has 2 unspecified atom stereocenters. The summed E-state index contributed by atoms with van der Waals surface area (Å²) in [6.07, 6.45) is 3.39. The van der Waals surface area contributed by atoms with Gasteiger partial charge in [0.2, 0.25) is 0 Å². The van der Waals surface area contributed by atoms with Crippen molar-refractivity contribution in [3.05, 3.63) is 113 Å². The zero-order valence-corrected chi connectivity index (χ0v) is 18.2. The summed E-state index contributed by atoms with van der Waals surface area (Å²) in [7, 11) is 0. The molecule has 0 spiro atoms. The lowest BCUT2D eigenvalue weighted by Crippen LogP contribution is -2.13. The standard InChI is InChI=1S/C28H28S/c1-20-14-15-25(19-26(20)23-10-6-4-7-11-23)22(3)18-27-28(21(2)16-17-29-27)24-12-8-5-9-13-24/h4-17,19,22,27H,18H2,1-3H3. The van der Waals surface area contributed by atoms with E-state index in [1.165, 1.54) is 39.0 Å². The van der Waals surface area contributed by atoms with E-state index in [-0.39, 0.29) is 0 Å². The quantitative estimate of drug-likeness (QED) is 0.418. The molecule has 3 aromatic rings. The molecule has 4 rings (SSSR count). The number of benzene rings is 3. The van der Waals surface area contributed by atoms with Crippen LogP contribution in [0.1, 0.15) is 42.9 Å². The minimum atomic E-state index is 0.485. The lowest BCUT2D eigenvalue weighted by molar-refractivity contribution is 0.705. The Balaban J connectivity index is 1.61. The molecule has 1 heteroatoms. The zero-order valence-electron chi connectivity index (χ0n) is 17.4. The Labute approximate surface area is 179 Å². The number of allylic oxidation sites excluding steroid dienone is 2. The lowest BCUT2D eigenvalue weighted by atomic mass is 9.87. The van der Waals surface area contributed by atoms with Crippen molar-refractivity contribution in [2.75, 3.05) is 0 Å². The Morgan fingerprint density at radius 3 is 2.17 bits per heavy atom. The van der Waals surface area contributed by atoms with E-state index in [0.29, 0.717) is 11.2 Å². The second-order valence-corrected chi connectivity index (χ2v) is 9.08. The number of rotatable bonds is 5. The molecule has 0 saturated carbocycles. The summed E-state index contributed by atoms with van der Waals surface area (Å²) < 4.78 is 0. The van der Waals surface area contributed by atoms with Crippen molar-refractivity contribution >= 4 is 17.3 Å². The number of hydrogen-bond donors (Lipinski definition) is 0. The van der Waals surface area contributed by atoms with Gasteiger partial charge in [-0.05, 0) is 70.6 Å². The molecule has 0 amide bonds. The summed E-state index contributed by atoms with van der Waals surface area (Å²) in [5.74, 6) is 0.494. The maximum atomic E-state index is 2.40. The second kappa shape index (κ2) is 8.88. The number of hydrogen-bond acceptors (Lipinski definition) is 1. The first kappa shape index (κ1) is 19.8. The molecule has 1 heterocycles. The van der Waals surface area contributed by atoms with E-state index >= 15 is 0 Å². The maximum absolute atomic E-state index is 2.40. The Bertz CT molecular complexity index is 1030. The summed E-state index contributed by atoms with van der Waals surface area (Å²) in [5.41, 5.74) is 9.64. The molecule has 3 aromatic carbocycles. The Morgan fingerprint density at radius 2 is 1.48 bits per heavy atom. The Hall–Kier alpha value is -2.51. The van der Waals surface area contributed by atoms with Gasteiger partial charge in [0.25, 0.3) is 0 Å². The summed E-state index contributed by atoms with van der Waals surface area (Å²) >= 11 is 1.96. The average molecular weight is 397 g/mol. The first-order chi connectivity index (χ1) is 14.1. The van der Waals surface area contributed by atoms with E-state index in [1.54, 1.807) is 0 Å². The largest absolute Gasteiger partial charge is 0.126 e. The maximum Gasteiger partial charge on any atom is 0.0352 e. The molecule has 1 aliphatic heterocycles. The van der Waals surface area contributed by atoms with Crippen LogP contribution in [0.4, 0.5) is 0 Å². The minimum Gasteiger partial charge on any atom is -0.126 e. The first-order valence-corrected chi connectivity index (χ1v) is 11.3. The van der Waals surface area contributed by atoms with Crippen molar-refractivity contribution in [1.29, 1.82) is 0 Å². The van der Waals surface area contributed by atoms with Crippen LogP contribution in [0.5, 0.6) is 0 Å². The molecule has 29 heavy (non-hydrogen) atoms. The zero-order chi connectivity index (χ0) is 20.2. The van der Waals surface area contributed by atoms with Crippen LogP contribution < -0.4 is 0 Å². The molecule has 0 N–H and O–H groups in total. The fraction of sp³-hybridized carbons (Fsp3) is 0.214. The van der Waals surface area contributed by atoms with Gasteiger partial charge in [0.1, 0.15) is 0 Å². The highest BCUT2D eigenvalue weighted by molar-refractivity contribution is 8.03. The molecule has 0 fully saturated rings. The Morgan fingerprint density at radius 1 is 0.828 bits per heavy atom. The van der Waals surface area contributed by atoms with Crippen LogP contribution in [-0.2, 0) is 0 Å². The van der Waals surface area contributed by atoms with Crippen LogP contribution in [0.2, 0.25) is 0 Å². The van der Waals surface area contributed by atoms with Crippen molar-refractivity contribution in [3.8, 4) is 11.1 Å². The number of thioether (sulfide) groups is 1. The topological polar surface area (TPSA) is 0 Å². The molecular formula is C28H28S. The summed E-state index contributed by atoms with van der Waals surface area (Å²) in [4.78, 5) is 0. The molecule has 146 valence electrons. The average Bonchev–Trinajstić information content (AvgIpc) is 2.75. The smallest absolute Gasteiger partial charge is 0.0352 e. The summed E-state index contributed by atoms with van der Waals surface area (Å²) in [5, 5.41) is 2.75. The number of aryl methyl sites for hydroxylation is 1. The van der Waals surface area contributed by atoms with Crippen LogP contribution >= 0.6 is 11.8 Å². The van der Waals surface area contributed by atoms with Crippen molar-refractivity contribution in [2.45, 2.75) is 38.4 Å². The first-order valence-electron chi connectivity index (χ1n) is 10.4. The molecule has 0 aromatic heterocycles. The molecule has 0 radical (unpaired) electrons. The van der Waals surface area contributed by atoms with Gasteiger partial charge >= 0.3 is 0 Å². The third-order valence-electron chi connectivity index (χ3n) is 5.88. The molecule has 0 bridgehead atoms. The predicted octanol–water partition coefficient (Wildman–Crippen LogP) is 8.26. The molecule has 0 nitrogen and oxygen atoms in total. The van der Waals surface area contributed by atoms with Crippen LogP contribution in [0.15, 0.2) is 95.9 Å². The van der Waals surface area contributed by atoms with Gasteiger partial charge in [-0.15, -0.1) is 11.8 Å². The van der Waals surface area contributed by atoms with Gasteiger partial charge in [0.05, 0.1) is 0 Å². The molecule has 0 saturated heterocycles. The highest BCUT2D eigenvalue weighted by atomic mass is 32.2. The van der Waals surface area contributed by atoms with Crippen LogP contribution in [-0.4, -0.2) is 5.25 Å². The summed E-state index contributed by atoms with van der Waals surface area (Å²) in [6, 6.07) is 28.6. The van der Waals surface area contributed by atoms with Gasteiger partial charge in [0.15, 0.2) is 0 Å². The van der Waals surface area contributed by atoms with Gasteiger partial charge in [-0.25, -0.2) is 0 Å². The minimum absolute atomic E-state index is 0.485.